The van der Waals surface area contributed by atoms with Crippen LogP contribution < -0.4 is 14.8 Å². The van der Waals surface area contributed by atoms with Crippen molar-refractivity contribution in [2.45, 2.75) is 45.8 Å². The van der Waals surface area contributed by atoms with Gasteiger partial charge in [0.1, 0.15) is 0 Å². The van der Waals surface area contributed by atoms with E-state index in [1.54, 1.807) is 14.2 Å². The number of rotatable bonds is 9. The van der Waals surface area contributed by atoms with Gasteiger partial charge < -0.3 is 19.7 Å². The van der Waals surface area contributed by atoms with Crippen molar-refractivity contribution in [1.29, 1.82) is 0 Å². The van der Waals surface area contributed by atoms with E-state index < -0.39 is 12.6 Å². The third kappa shape index (κ3) is 9.20. The fraction of sp³-hybridized carbons (Fsp3) is 0.632. The van der Waals surface area contributed by atoms with E-state index in [1.807, 2.05) is 37.9 Å². The number of nitrogens with one attached hydrogen (secondary N) is 1. The lowest BCUT2D eigenvalue weighted by Gasteiger charge is -2.23. The van der Waals surface area contributed by atoms with Gasteiger partial charge in [-0.05, 0) is 49.9 Å². The van der Waals surface area contributed by atoms with Crippen molar-refractivity contribution < 1.29 is 22.6 Å². The Kier molecular flexibility index (Phi) is 12.3. The molecule has 1 rings (SSSR count). The minimum atomic E-state index is -4.10. The third-order valence-electron chi connectivity index (χ3n) is 4.08. The molecule has 1 aromatic carbocycles. The Balaban J connectivity index is 0.00000729. The summed E-state index contributed by atoms with van der Waals surface area (Å²) in [6, 6.07) is 3.85. The number of methoxy groups -OCH3 is 2. The van der Waals surface area contributed by atoms with Gasteiger partial charge in [-0.1, -0.05) is 0 Å². The van der Waals surface area contributed by atoms with Crippen molar-refractivity contribution in [1.82, 2.24) is 10.2 Å². The topological polar surface area (TPSA) is 46.1 Å². The van der Waals surface area contributed by atoms with Crippen molar-refractivity contribution >= 4 is 29.9 Å². The minimum Gasteiger partial charge on any atom is -0.493 e. The molecule has 28 heavy (non-hydrogen) atoms. The van der Waals surface area contributed by atoms with Crippen LogP contribution >= 0.6 is 24.0 Å². The van der Waals surface area contributed by atoms with Crippen LogP contribution in [0, 0.1) is 6.92 Å². The van der Waals surface area contributed by atoms with Crippen molar-refractivity contribution in [3.05, 3.63) is 23.3 Å². The number of aryl methyl sites for hydroxylation is 1. The molecule has 0 saturated carbocycles. The summed E-state index contributed by atoms with van der Waals surface area (Å²) in [6.07, 6.45) is -4.38. The number of guanidine groups is 1. The second-order valence-electron chi connectivity index (χ2n) is 6.30. The Morgan fingerprint density at radius 1 is 1.14 bits per heavy atom. The lowest BCUT2D eigenvalue weighted by Crippen LogP contribution is -2.38. The van der Waals surface area contributed by atoms with E-state index in [2.05, 4.69) is 10.3 Å². The molecule has 0 aliphatic carbocycles. The lowest BCUT2D eigenvalue weighted by atomic mass is 10.1. The molecule has 0 spiro atoms. The Labute approximate surface area is 182 Å². The van der Waals surface area contributed by atoms with Crippen LogP contribution in [0.5, 0.6) is 11.5 Å². The zero-order valence-corrected chi connectivity index (χ0v) is 19.5. The average molecular weight is 517 g/mol. The standard InChI is InChI=1S/C19H30F3N3O2.HI/c1-6-23-18(24-10-8-7-9-19(20,21)22)25(3)13-15-12-17(27-5)16(26-4)11-14(15)2;/h11-12H,6-10,13H2,1-5H3,(H,23,24);1H. The van der Waals surface area contributed by atoms with E-state index in [4.69, 9.17) is 9.47 Å². The largest absolute Gasteiger partial charge is 0.493 e. The van der Waals surface area contributed by atoms with Gasteiger partial charge in [-0.25, -0.2) is 0 Å². The Bertz CT molecular complexity index is 625. The van der Waals surface area contributed by atoms with Crippen LogP contribution in [0.3, 0.4) is 0 Å². The molecule has 0 aliphatic rings. The fourth-order valence-electron chi connectivity index (χ4n) is 2.62. The fourth-order valence-corrected chi connectivity index (χ4v) is 2.62. The molecule has 0 radical (unpaired) electrons. The van der Waals surface area contributed by atoms with E-state index in [-0.39, 0.29) is 30.4 Å². The molecule has 1 aromatic rings. The van der Waals surface area contributed by atoms with Crippen LogP contribution in [0.2, 0.25) is 0 Å². The number of hydrogen-bond donors (Lipinski definition) is 1. The summed E-state index contributed by atoms with van der Waals surface area (Å²) in [4.78, 5) is 6.39. The summed E-state index contributed by atoms with van der Waals surface area (Å²) < 4.78 is 47.3. The number of alkyl halides is 3. The van der Waals surface area contributed by atoms with Crippen LogP contribution in [0.15, 0.2) is 17.1 Å². The lowest BCUT2D eigenvalue weighted by molar-refractivity contribution is -0.135. The zero-order chi connectivity index (χ0) is 20.4. The van der Waals surface area contributed by atoms with Gasteiger partial charge in [0.05, 0.1) is 14.2 Å². The molecular weight excluding hydrogens is 486 g/mol. The summed E-state index contributed by atoms with van der Waals surface area (Å²) >= 11 is 0. The van der Waals surface area contributed by atoms with Crippen LogP contribution in [0.25, 0.3) is 0 Å². The minimum absolute atomic E-state index is 0. The zero-order valence-electron chi connectivity index (χ0n) is 17.2. The highest BCUT2D eigenvalue weighted by Crippen LogP contribution is 2.30. The van der Waals surface area contributed by atoms with Gasteiger partial charge in [-0.15, -0.1) is 24.0 Å². The van der Waals surface area contributed by atoms with Gasteiger partial charge in [-0.3, -0.25) is 4.99 Å². The van der Waals surface area contributed by atoms with E-state index in [0.717, 1.165) is 11.1 Å². The molecule has 0 aliphatic heterocycles. The number of hydrogen-bond acceptors (Lipinski definition) is 3. The SMILES string of the molecule is CCNC(=NCCCCC(F)(F)F)N(C)Cc1cc(OC)c(OC)cc1C.I. The summed E-state index contributed by atoms with van der Waals surface area (Å²) in [6.45, 7) is 5.56. The molecule has 0 aromatic heterocycles. The number of nitrogens with zero attached hydrogens (tertiary/aromatic N) is 2. The van der Waals surface area contributed by atoms with Gasteiger partial charge in [-0.2, -0.15) is 13.2 Å². The maximum absolute atomic E-state index is 12.2. The van der Waals surface area contributed by atoms with Crippen molar-refractivity contribution in [2.24, 2.45) is 4.99 Å². The summed E-state index contributed by atoms with van der Waals surface area (Å²) in [5.74, 6) is 1.99. The maximum Gasteiger partial charge on any atom is 0.389 e. The molecule has 1 N–H and O–H groups in total. The highest BCUT2D eigenvalue weighted by atomic mass is 127. The summed E-state index contributed by atoms with van der Waals surface area (Å²) in [5.41, 5.74) is 2.11. The maximum atomic E-state index is 12.2. The molecule has 0 atom stereocenters. The molecular formula is C19H31F3IN3O2. The number of unbranched alkanes of at least 4 members (excludes halogenated alkanes) is 1. The molecule has 0 amide bonds. The smallest absolute Gasteiger partial charge is 0.389 e. The first-order valence-electron chi connectivity index (χ1n) is 8.99. The van der Waals surface area contributed by atoms with Crippen LogP contribution in [0.1, 0.15) is 37.3 Å². The highest BCUT2D eigenvalue weighted by molar-refractivity contribution is 14.0. The molecule has 0 saturated heterocycles. The number of halogens is 4. The van der Waals surface area contributed by atoms with Crippen molar-refractivity contribution in [3.8, 4) is 11.5 Å². The Hall–Kier alpha value is -1.39. The summed E-state index contributed by atoms with van der Waals surface area (Å²) in [5, 5.41) is 3.18. The van der Waals surface area contributed by atoms with Crippen LogP contribution in [-0.2, 0) is 6.54 Å². The summed E-state index contributed by atoms with van der Waals surface area (Å²) in [7, 11) is 5.08. The molecule has 9 heteroatoms. The van der Waals surface area contributed by atoms with Crippen molar-refractivity contribution in [2.75, 3.05) is 34.4 Å². The Morgan fingerprint density at radius 2 is 1.75 bits per heavy atom. The number of benzene rings is 1. The molecule has 162 valence electrons. The predicted molar refractivity (Wildman–Crippen MR) is 117 cm³/mol. The highest BCUT2D eigenvalue weighted by Gasteiger charge is 2.25. The first-order valence-corrected chi connectivity index (χ1v) is 8.99. The van der Waals surface area contributed by atoms with Gasteiger partial charge in [0.15, 0.2) is 17.5 Å². The monoisotopic (exact) mass is 517 g/mol. The molecule has 0 fully saturated rings. The first kappa shape index (κ1) is 26.6. The average Bonchev–Trinajstić information content (AvgIpc) is 2.60. The molecule has 5 nitrogen and oxygen atoms in total. The van der Waals surface area contributed by atoms with Crippen LogP contribution in [-0.4, -0.2) is 51.4 Å². The van der Waals surface area contributed by atoms with Gasteiger partial charge in [0.2, 0.25) is 0 Å². The van der Waals surface area contributed by atoms with E-state index in [0.29, 0.717) is 43.5 Å². The van der Waals surface area contributed by atoms with E-state index in [1.165, 1.54) is 0 Å². The molecule has 0 bridgehead atoms. The number of ether oxygens (including phenoxy) is 2. The first-order chi connectivity index (χ1) is 12.7. The quantitative estimate of drug-likeness (QED) is 0.222. The van der Waals surface area contributed by atoms with E-state index in [9.17, 15) is 13.2 Å². The third-order valence-corrected chi connectivity index (χ3v) is 4.08. The second kappa shape index (κ2) is 12.9. The number of aliphatic imine (C=N–C) groups is 1. The van der Waals surface area contributed by atoms with Crippen molar-refractivity contribution in [3.63, 3.8) is 0 Å². The van der Waals surface area contributed by atoms with Gasteiger partial charge >= 0.3 is 6.18 Å². The Morgan fingerprint density at radius 3 is 2.29 bits per heavy atom. The normalized spacial score (nSPS) is 11.6. The predicted octanol–water partition coefficient (Wildman–Crippen LogP) is 4.76. The van der Waals surface area contributed by atoms with Crippen LogP contribution in [0.4, 0.5) is 13.2 Å². The van der Waals surface area contributed by atoms with E-state index >= 15 is 0 Å². The van der Waals surface area contributed by atoms with Gasteiger partial charge in [0, 0.05) is 33.1 Å². The second-order valence-corrected chi connectivity index (χ2v) is 6.30. The van der Waals surface area contributed by atoms with Gasteiger partial charge in [0.25, 0.3) is 0 Å². The molecule has 0 heterocycles. The molecule has 0 unspecified atom stereocenters.